The summed E-state index contributed by atoms with van der Waals surface area (Å²) in [6, 6.07) is 1.32. The van der Waals surface area contributed by atoms with Gasteiger partial charge in [0.2, 0.25) is 0 Å². The summed E-state index contributed by atoms with van der Waals surface area (Å²) < 4.78 is 5.32. The molecule has 0 saturated carbocycles. The van der Waals surface area contributed by atoms with E-state index < -0.39 is 5.60 Å². The van der Waals surface area contributed by atoms with Crippen LogP contribution in [0, 0.1) is 0 Å². The fraction of sp³-hybridized carbons (Fsp3) is 0.941. The van der Waals surface area contributed by atoms with Crippen molar-refractivity contribution in [3.05, 3.63) is 0 Å². The third-order valence-corrected chi connectivity index (χ3v) is 4.13. The molecule has 0 radical (unpaired) electrons. The summed E-state index contributed by atoms with van der Waals surface area (Å²) in [4.78, 5) is 14.4. The minimum absolute atomic E-state index is 0.123. The molecule has 2 N–H and O–H groups in total. The van der Waals surface area contributed by atoms with Gasteiger partial charge in [-0.1, -0.05) is 6.92 Å². The molecule has 1 fully saturated rings. The van der Waals surface area contributed by atoms with E-state index >= 15 is 0 Å². The Kier molecular flexibility index (Phi) is 7.63. The van der Waals surface area contributed by atoms with E-state index in [1.807, 2.05) is 20.8 Å². The maximum atomic E-state index is 11.8. The Hall–Kier alpha value is -0.810. The van der Waals surface area contributed by atoms with Gasteiger partial charge in [-0.3, -0.25) is 0 Å². The quantitative estimate of drug-likeness (QED) is 0.792. The molecule has 1 heterocycles. The number of likely N-dealkylation sites (tertiary alicyclic amines) is 1. The molecule has 1 saturated heterocycles. The molecule has 1 rings (SSSR count). The number of hydrogen-bond acceptors (Lipinski definition) is 4. The molecule has 1 atom stereocenters. The molecule has 1 amide bonds. The van der Waals surface area contributed by atoms with Crippen LogP contribution in [-0.4, -0.2) is 54.4 Å². The Balaban J connectivity index is 2.28. The molecule has 22 heavy (non-hydrogen) atoms. The normalized spacial score (nSPS) is 19.2. The summed E-state index contributed by atoms with van der Waals surface area (Å²) in [6.45, 7) is 15.4. The van der Waals surface area contributed by atoms with Crippen molar-refractivity contribution in [2.45, 2.75) is 84.5 Å². The van der Waals surface area contributed by atoms with Crippen LogP contribution in [0.2, 0.25) is 0 Å². The van der Waals surface area contributed by atoms with Gasteiger partial charge in [-0.2, -0.15) is 0 Å². The number of rotatable bonds is 6. The van der Waals surface area contributed by atoms with Gasteiger partial charge in [-0.05, 0) is 67.0 Å². The molecular formula is C17H35N3O2. The van der Waals surface area contributed by atoms with Crippen LogP contribution in [0.15, 0.2) is 0 Å². The van der Waals surface area contributed by atoms with E-state index in [1.54, 1.807) is 0 Å². The standard InChI is InChI=1S/C17H35N3O2/c1-7-14(19-16(21)22-17(4,5)6)12-18-15-8-10-20(11-9-15)13(2)3/h13-15,18H,7-12H2,1-6H3,(H,19,21). The number of ether oxygens (including phenoxy) is 1. The van der Waals surface area contributed by atoms with Crippen molar-refractivity contribution in [2.24, 2.45) is 0 Å². The number of amides is 1. The van der Waals surface area contributed by atoms with E-state index in [1.165, 1.54) is 12.8 Å². The van der Waals surface area contributed by atoms with Crippen molar-refractivity contribution in [1.82, 2.24) is 15.5 Å². The lowest BCUT2D eigenvalue weighted by Gasteiger charge is -2.35. The largest absolute Gasteiger partial charge is 0.444 e. The number of hydrogen-bond donors (Lipinski definition) is 2. The van der Waals surface area contributed by atoms with Crippen LogP contribution in [0.25, 0.3) is 0 Å². The van der Waals surface area contributed by atoms with Crippen molar-refractivity contribution < 1.29 is 9.53 Å². The van der Waals surface area contributed by atoms with Gasteiger partial charge in [-0.15, -0.1) is 0 Å². The zero-order valence-electron chi connectivity index (χ0n) is 15.2. The van der Waals surface area contributed by atoms with Crippen LogP contribution in [-0.2, 0) is 4.74 Å². The van der Waals surface area contributed by atoms with Crippen molar-refractivity contribution in [2.75, 3.05) is 19.6 Å². The number of piperidine rings is 1. The molecule has 0 aromatic carbocycles. The Morgan fingerprint density at radius 2 is 1.86 bits per heavy atom. The van der Waals surface area contributed by atoms with Crippen LogP contribution in [0.1, 0.15) is 60.8 Å². The molecule has 130 valence electrons. The first-order valence-corrected chi connectivity index (χ1v) is 8.68. The summed E-state index contributed by atoms with van der Waals surface area (Å²) in [5.74, 6) is 0. The second-order valence-electron chi connectivity index (χ2n) is 7.56. The minimum Gasteiger partial charge on any atom is -0.444 e. The lowest BCUT2D eigenvalue weighted by atomic mass is 10.0. The van der Waals surface area contributed by atoms with Gasteiger partial charge >= 0.3 is 6.09 Å². The predicted octanol–water partition coefficient (Wildman–Crippen LogP) is 2.75. The Labute approximate surface area is 136 Å². The molecule has 1 aliphatic rings. The van der Waals surface area contributed by atoms with Crippen LogP contribution < -0.4 is 10.6 Å². The van der Waals surface area contributed by atoms with Crippen LogP contribution >= 0.6 is 0 Å². The zero-order valence-corrected chi connectivity index (χ0v) is 15.2. The Morgan fingerprint density at radius 1 is 1.27 bits per heavy atom. The third-order valence-electron chi connectivity index (χ3n) is 4.13. The van der Waals surface area contributed by atoms with Crippen LogP contribution in [0.3, 0.4) is 0 Å². The molecule has 5 nitrogen and oxygen atoms in total. The van der Waals surface area contributed by atoms with Gasteiger partial charge in [0, 0.05) is 24.7 Å². The third kappa shape index (κ3) is 7.45. The van der Waals surface area contributed by atoms with E-state index in [2.05, 4.69) is 36.3 Å². The molecule has 0 aromatic rings. The summed E-state index contributed by atoms with van der Waals surface area (Å²) in [5.41, 5.74) is -0.445. The summed E-state index contributed by atoms with van der Waals surface area (Å²) in [6.07, 6.45) is 2.94. The molecule has 0 bridgehead atoms. The molecule has 0 spiro atoms. The highest BCUT2D eigenvalue weighted by molar-refractivity contribution is 5.68. The van der Waals surface area contributed by atoms with Gasteiger partial charge in [0.15, 0.2) is 0 Å². The number of nitrogens with zero attached hydrogens (tertiary/aromatic N) is 1. The highest BCUT2D eigenvalue weighted by atomic mass is 16.6. The average molecular weight is 313 g/mol. The minimum atomic E-state index is -0.445. The maximum Gasteiger partial charge on any atom is 0.407 e. The predicted molar refractivity (Wildman–Crippen MR) is 91.2 cm³/mol. The fourth-order valence-electron chi connectivity index (χ4n) is 2.70. The smallest absolute Gasteiger partial charge is 0.407 e. The zero-order chi connectivity index (χ0) is 16.8. The molecule has 1 aliphatic heterocycles. The molecule has 1 unspecified atom stereocenters. The maximum absolute atomic E-state index is 11.8. The lowest BCUT2D eigenvalue weighted by Crippen LogP contribution is -2.49. The first-order chi connectivity index (χ1) is 10.2. The number of alkyl carbamates (subject to hydrolysis) is 1. The first kappa shape index (κ1) is 19.2. The van der Waals surface area contributed by atoms with Crippen molar-refractivity contribution >= 4 is 6.09 Å². The second-order valence-corrected chi connectivity index (χ2v) is 7.56. The molecule has 0 aromatic heterocycles. The number of carbonyl (C=O) groups is 1. The lowest BCUT2D eigenvalue weighted by molar-refractivity contribution is 0.0500. The van der Waals surface area contributed by atoms with Gasteiger partial charge in [0.25, 0.3) is 0 Å². The molecular weight excluding hydrogens is 278 g/mol. The van der Waals surface area contributed by atoms with Crippen LogP contribution in [0.5, 0.6) is 0 Å². The SMILES string of the molecule is CCC(CNC1CCN(C(C)C)CC1)NC(=O)OC(C)(C)C. The topological polar surface area (TPSA) is 53.6 Å². The summed E-state index contributed by atoms with van der Waals surface area (Å²) in [5, 5.41) is 6.56. The molecule has 5 heteroatoms. The second kappa shape index (κ2) is 8.73. The average Bonchev–Trinajstić information content (AvgIpc) is 2.41. The Morgan fingerprint density at radius 3 is 2.32 bits per heavy atom. The highest BCUT2D eigenvalue weighted by Gasteiger charge is 2.22. The first-order valence-electron chi connectivity index (χ1n) is 8.68. The van der Waals surface area contributed by atoms with Crippen molar-refractivity contribution in [3.8, 4) is 0 Å². The van der Waals surface area contributed by atoms with E-state index in [9.17, 15) is 4.79 Å². The summed E-state index contributed by atoms with van der Waals surface area (Å²) >= 11 is 0. The van der Waals surface area contributed by atoms with Crippen molar-refractivity contribution in [3.63, 3.8) is 0 Å². The monoisotopic (exact) mass is 313 g/mol. The molecule has 0 aliphatic carbocycles. The fourth-order valence-corrected chi connectivity index (χ4v) is 2.70. The summed E-state index contributed by atoms with van der Waals surface area (Å²) in [7, 11) is 0. The number of carbonyl (C=O) groups excluding carboxylic acids is 1. The van der Waals surface area contributed by atoms with E-state index in [-0.39, 0.29) is 12.1 Å². The number of nitrogens with one attached hydrogen (secondary N) is 2. The van der Waals surface area contributed by atoms with Crippen LogP contribution in [0.4, 0.5) is 4.79 Å². The van der Waals surface area contributed by atoms with Gasteiger partial charge in [0.05, 0.1) is 0 Å². The van der Waals surface area contributed by atoms with E-state index in [0.29, 0.717) is 12.1 Å². The van der Waals surface area contributed by atoms with E-state index in [0.717, 1.165) is 26.1 Å². The van der Waals surface area contributed by atoms with Crippen molar-refractivity contribution in [1.29, 1.82) is 0 Å². The van der Waals surface area contributed by atoms with E-state index in [4.69, 9.17) is 4.74 Å². The van der Waals surface area contributed by atoms with Gasteiger partial charge < -0.3 is 20.3 Å². The van der Waals surface area contributed by atoms with Gasteiger partial charge in [-0.25, -0.2) is 4.79 Å². The highest BCUT2D eigenvalue weighted by Crippen LogP contribution is 2.13. The Bertz CT molecular complexity index is 331. The van der Waals surface area contributed by atoms with Gasteiger partial charge in [0.1, 0.15) is 5.60 Å².